The van der Waals surface area contributed by atoms with Crippen LogP contribution in [0.25, 0.3) is 11.0 Å². The van der Waals surface area contributed by atoms with Crippen molar-refractivity contribution in [2.24, 2.45) is 13.0 Å². The van der Waals surface area contributed by atoms with Crippen LogP contribution in [0.4, 0.5) is 0 Å². The third-order valence-electron chi connectivity index (χ3n) is 4.74. The first-order valence-corrected chi connectivity index (χ1v) is 7.89. The van der Waals surface area contributed by atoms with Crippen LogP contribution in [-0.2, 0) is 11.8 Å². The minimum absolute atomic E-state index is 0.0172. The molecule has 0 saturated carbocycles. The zero-order chi connectivity index (χ0) is 16.6. The zero-order valence-electron chi connectivity index (χ0n) is 13.4. The van der Waals surface area contributed by atoms with Crippen molar-refractivity contribution in [3.8, 4) is 0 Å². The summed E-state index contributed by atoms with van der Waals surface area (Å²) < 4.78 is 1.91. The Bertz CT molecular complexity index is 753. The minimum atomic E-state index is -0.774. The van der Waals surface area contributed by atoms with Crippen molar-refractivity contribution in [3.63, 3.8) is 0 Å². The van der Waals surface area contributed by atoms with Crippen LogP contribution in [0.2, 0.25) is 0 Å². The maximum absolute atomic E-state index is 12.7. The highest BCUT2D eigenvalue weighted by atomic mass is 16.4. The number of hydrogen-bond donors (Lipinski definition) is 1. The molecule has 0 radical (unpaired) electrons. The van der Waals surface area contributed by atoms with Gasteiger partial charge in [-0.05, 0) is 44.5 Å². The number of benzene rings is 1. The Labute approximate surface area is 134 Å². The number of carbonyl (C=O) groups is 2. The summed E-state index contributed by atoms with van der Waals surface area (Å²) in [6, 6.07) is 5.21. The molecule has 6 nitrogen and oxygen atoms in total. The lowest BCUT2D eigenvalue weighted by atomic mass is 9.95. The molecule has 1 saturated heterocycles. The van der Waals surface area contributed by atoms with E-state index in [-0.39, 0.29) is 17.7 Å². The highest BCUT2D eigenvalue weighted by Gasteiger charge is 2.31. The molecule has 23 heavy (non-hydrogen) atoms. The van der Waals surface area contributed by atoms with Crippen LogP contribution < -0.4 is 0 Å². The fraction of sp³-hybridized carbons (Fsp3) is 0.471. The van der Waals surface area contributed by atoms with Gasteiger partial charge in [-0.1, -0.05) is 0 Å². The van der Waals surface area contributed by atoms with Crippen LogP contribution in [0.3, 0.4) is 0 Å². The summed E-state index contributed by atoms with van der Waals surface area (Å²) in [7, 11) is 1.92. The maximum atomic E-state index is 12.7. The van der Waals surface area contributed by atoms with E-state index in [1.807, 2.05) is 41.6 Å². The predicted octanol–water partition coefficient (Wildman–Crippen LogP) is 1.94. The second kappa shape index (κ2) is 6.12. The van der Waals surface area contributed by atoms with Gasteiger partial charge in [-0.25, -0.2) is 4.98 Å². The second-order valence-electron chi connectivity index (χ2n) is 6.27. The highest BCUT2D eigenvalue weighted by Crippen LogP contribution is 2.22. The first-order chi connectivity index (χ1) is 11.0. The number of piperidine rings is 1. The molecule has 2 unspecified atom stereocenters. The Hall–Kier alpha value is -2.21. The van der Waals surface area contributed by atoms with E-state index in [2.05, 4.69) is 4.98 Å². The SMILES string of the molecule is CC(C(=O)c1ccc2c(c1)ncn2C)N1CCCC(C(=O)O)C1. The van der Waals surface area contributed by atoms with Gasteiger partial charge in [0.2, 0.25) is 0 Å². The normalized spacial score (nSPS) is 20.5. The van der Waals surface area contributed by atoms with Gasteiger partial charge in [0.05, 0.1) is 29.3 Å². The average Bonchev–Trinajstić information content (AvgIpc) is 2.94. The molecule has 2 atom stereocenters. The lowest BCUT2D eigenvalue weighted by Gasteiger charge is -2.34. The van der Waals surface area contributed by atoms with Crippen molar-refractivity contribution in [3.05, 3.63) is 30.1 Å². The first kappa shape index (κ1) is 15.7. The summed E-state index contributed by atoms with van der Waals surface area (Å²) in [6.07, 6.45) is 3.23. The molecule has 3 rings (SSSR count). The van der Waals surface area contributed by atoms with Crippen molar-refractivity contribution in [1.82, 2.24) is 14.5 Å². The summed E-state index contributed by atoms with van der Waals surface area (Å²) in [4.78, 5) is 30.2. The molecule has 122 valence electrons. The summed E-state index contributed by atoms with van der Waals surface area (Å²) in [5.41, 5.74) is 2.41. The summed E-state index contributed by atoms with van der Waals surface area (Å²) in [6.45, 7) is 3.06. The molecular formula is C17H21N3O3. The highest BCUT2D eigenvalue weighted by molar-refractivity contribution is 6.02. The fourth-order valence-electron chi connectivity index (χ4n) is 3.26. The zero-order valence-corrected chi connectivity index (χ0v) is 13.4. The average molecular weight is 315 g/mol. The smallest absolute Gasteiger partial charge is 0.307 e. The third kappa shape index (κ3) is 2.99. The van der Waals surface area contributed by atoms with Crippen molar-refractivity contribution >= 4 is 22.8 Å². The van der Waals surface area contributed by atoms with Gasteiger partial charge in [-0.15, -0.1) is 0 Å². The standard InChI is InChI=1S/C17H21N3O3/c1-11(20-7-3-4-13(9-20)17(22)23)16(21)12-5-6-15-14(8-12)18-10-19(15)2/h5-6,8,10-11,13H,3-4,7,9H2,1-2H3,(H,22,23). The minimum Gasteiger partial charge on any atom is -0.481 e. The molecule has 1 fully saturated rings. The van der Waals surface area contributed by atoms with Crippen LogP contribution in [-0.4, -0.2) is 50.4 Å². The van der Waals surface area contributed by atoms with Gasteiger partial charge in [0.25, 0.3) is 0 Å². The quantitative estimate of drug-likeness (QED) is 0.873. The Morgan fingerprint density at radius 2 is 2.17 bits per heavy atom. The number of aromatic nitrogens is 2. The van der Waals surface area contributed by atoms with E-state index in [9.17, 15) is 14.7 Å². The Balaban J connectivity index is 1.79. The monoisotopic (exact) mass is 315 g/mol. The van der Waals surface area contributed by atoms with E-state index in [1.165, 1.54) is 0 Å². The third-order valence-corrected chi connectivity index (χ3v) is 4.74. The number of imidazole rings is 1. The number of fused-ring (bicyclic) bond motifs is 1. The molecule has 6 heteroatoms. The number of aryl methyl sites for hydroxylation is 1. The van der Waals surface area contributed by atoms with Gasteiger partial charge in [0, 0.05) is 19.2 Å². The summed E-state index contributed by atoms with van der Waals surface area (Å²) >= 11 is 0. The summed E-state index contributed by atoms with van der Waals surface area (Å²) in [5, 5.41) is 9.19. The van der Waals surface area contributed by atoms with E-state index >= 15 is 0 Å². The number of nitrogens with zero attached hydrogens (tertiary/aromatic N) is 3. The number of carboxylic acid groups (broad SMARTS) is 1. The molecular weight excluding hydrogens is 294 g/mol. The maximum Gasteiger partial charge on any atom is 0.307 e. The van der Waals surface area contributed by atoms with E-state index in [0.29, 0.717) is 18.5 Å². The van der Waals surface area contributed by atoms with Gasteiger partial charge < -0.3 is 9.67 Å². The Kier molecular flexibility index (Phi) is 4.17. The van der Waals surface area contributed by atoms with Crippen LogP contribution in [0, 0.1) is 5.92 Å². The molecule has 0 amide bonds. The molecule has 1 N–H and O–H groups in total. The molecule has 2 aromatic rings. The van der Waals surface area contributed by atoms with Crippen LogP contribution >= 0.6 is 0 Å². The van der Waals surface area contributed by atoms with Crippen molar-refractivity contribution in [2.75, 3.05) is 13.1 Å². The molecule has 1 aliphatic rings. The summed E-state index contributed by atoms with van der Waals surface area (Å²) in [5.74, 6) is -1.13. The number of hydrogen-bond acceptors (Lipinski definition) is 4. The topological polar surface area (TPSA) is 75.4 Å². The molecule has 0 aliphatic carbocycles. The molecule has 0 bridgehead atoms. The Morgan fingerprint density at radius 3 is 2.91 bits per heavy atom. The van der Waals surface area contributed by atoms with Crippen LogP contribution in [0.5, 0.6) is 0 Å². The predicted molar refractivity (Wildman–Crippen MR) is 86.4 cm³/mol. The Morgan fingerprint density at radius 1 is 1.39 bits per heavy atom. The number of likely N-dealkylation sites (tertiary alicyclic amines) is 1. The van der Waals surface area contributed by atoms with Crippen LogP contribution in [0.1, 0.15) is 30.1 Å². The largest absolute Gasteiger partial charge is 0.481 e. The van der Waals surface area contributed by atoms with Gasteiger partial charge in [0.1, 0.15) is 0 Å². The molecule has 1 aliphatic heterocycles. The van der Waals surface area contributed by atoms with Gasteiger partial charge in [-0.2, -0.15) is 0 Å². The number of aliphatic carboxylic acids is 1. The molecule has 2 heterocycles. The number of ketones is 1. The number of carboxylic acids is 1. The van der Waals surface area contributed by atoms with Gasteiger partial charge >= 0.3 is 5.97 Å². The lowest BCUT2D eigenvalue weighted by molar-refractivity contribution is -0.143. The molecule has 0 spiro atoms. The van der Waals surface area contributed by atoms with Crippen molar-refractivity contribution < 1.29 is 14.7 Å². The van der Waals surface area contributed by atoms with Crippen molar-refractivity contribution in [1.29, 1.82) is 0 Å². The van der Waals surface area contributed by atoms with E-state index in [0.717, 1.165) is 24.0 Å². The van der Waals surface area contributed by atoms with Gasteiger partial charge in [0.15, 0.2) is 5.78 Å². The molecule has 1 aromatic heterocycles. The number of carbonyl (C=O) groups excluding carboxylic acids is 1. The first-order valence-electron chi connectivity index (χ1n) is 7.89. The van der Waals surface area contributed by atoms with Crippen LogP contribution in [0.15, 0.2) is 24.5 Å². The van der Waals surface area contributed by atoms with E-state index in [1.54, 1.807) is 6.33 Å². The van der Waals surface area contributed by atoms with E-state index < -0.39 is 5.97 Å². The lowest BCUT2D eigenvalue weighted by Crippen LogP contribution is -2.46. The van der Waals surface area contributed by atoms with Crippen molar-refractivity contribution in [2.45, 2.75) is 25.8 Å². The number of Topliss-reactive ketones (excluding diaryl/α,β-unsaturated/α-hetero) is 1. The number of rotatable bonds is 4. The second-order valence-corrected chi connectivity index (χ2v) is 6.27. The van der Waals surface area contributed by atoms with Gasteiger partial charge in [-0.3, -0.25) is 14.5 Å². The molecule has 1 aromatic carbocycles. The van der Waals surface area contributed by atoms with E-state index in [4.69, 9.17) is 0 Å². The fourth-order valence-corrected chi connectivity index (χ4v) is 3.26.